The SMILES string of the molecule is COC(=O)Cc1csc(NC(=O)c2ccc(Br)c(C)c2)n1. The number of carbonyl (C=O) groups excluding carboxylic acids is 2. The van der Waals surface area contributed by atoms with Crippen LogP contribution in [0.15, 0.2) is 28.1 Å². The second-order valence-electron chi connectivity index (χ2n) is 4.31. The number of aromatic nitrogens is 1. The van der Waals surface area contributed by atoms with E-state index in [0.29, 0.717) is 16.4 Å². The van der Waals surface area contributed by atoms with E-state index in [-0.39, 0.29) is 18.3 Å². The lowest BCUT2D eigenvalue weighted by Gasteiger charge is -2.04. The minimum absolute atomic E-state index is 0.0975. The number of hydrogen-bond acceptors (Lipinski definition) is 5. The van der Waals surface area contributed by atoms with Gasteiger partial charge in [-0.25, -0.2) is 4.98 Å². The van der Waals surface area contributed by atoms with Gasteiger partial charge < -0.3 is 4.74 Å². The predicted molar refractivity (Wildman–Crippen MR) is 84.7 cm³/mol. The van der Waals surface area contributed by atoms with Gasteiger partial charge in [-0.3, -0.25) is 14.9 Å². The zero-order chi connectivity index (χ0) is 15.4. The maximum absolute atomic E-state index is 12.1. The first kappa shape index (κ1) is 15.7. The normalized spacial score (nSPS) is 10.2. The minimum atomic E-state index is -0.360. The summed E-state index contributed by atoms with van der Waals surface area (Å²) in [5.41, 5.74) is 2.11. The fourth-order valence-electron chi connectivity index (χ4n) is 1.62. The van der Waals surface area contributed by atoms with Crippen molar-refractivity contribution in [1.82, 2.24) is 4.98 Å². The average molecular weight is 369 g/mol. The molecule has 0 saturated carbocycles. The molecule has 1 N–H and O–H groups in total. The van der Waals surface area contributed by atoms with Crippen LogP contribution in [0.1, 0.15) is 21.6 Å². The van der Waals surface area contributed by atoms with Crippen molar-refractivity contribution in [2.24, 2.45) is 0 Å². The highest BCUT2D eigenvalue weighted by atomic mass is 79.9. The van der Waals surface area contributed by atoms with Gasteiger partial charge in [0.1, 0.15) is 0 Å². The van der Waals surface area contributed by atoms with Crippen molar-refractivity contribution in [2.45, 2.75) is 13.3 Å². The van der Waals surface area contributed by atoms with Crippen molar-refractivity contribution in [1.29, 1.82) is 0 Å². The number of carbonyl (C=O) groups is 2. The summed E-state index contributed by atoms with van der Waals surface area (Å²) in [6.07, 6.45) is 0.0975. The van der Waals surface area contributed by atoms with Gasteiger partial charge in [0.2, 0.25) is 0 Å². The third-order valence-electron chi connectivity index (χ3n) is 2.75. The van der Waals surface area contributed by atoms with Crippen molar-refractivity contribution in [3.63, 3.8) is 0 Å². The molecule has 0 atom stereocenters. The predicted octanol–water partition coefficient (Wildman–Crippen LogP) is 3.18. The number of ether oxygens (including phenoxy) is 1. The van der Waals surface area contributed by atoms with Gasteiger partial charge in [0.15, 0.2) is 5.13 Å². The van der Waals surface area contributed by atoms with Gasteiger partial charge in [-0.05, 0) is 30.7 Å². The first-order chi connectivity index (χ1) is 9.99. The fraction of sp³-hybridized carbons (Fsp3) is 0.214. The third kappa shape index (κ3) is 4.12. The zero-order valence-corrected chi connectivity index (χ0v) is 13.9. The molecular weight excluding hydrogens is 356 g/mol. The average Bonchev–Trinajstić information content (AvgIpc) is 2.88. The first-order valence-electron chi connectivity index (χ1n) is 6.08. The molecule has 2 rings (SSSR count). The van der Waals surface area contributed by atoms with Crippen LogP contribution < -0.4 is 5.32 Å². The summed E-state index contributed by atoms with van der Waals surface area (Å²) in [4.78, 5) is 27.4. The minimum Gasteiger partial charge on any atom is -0.469 e. The Hall–Kier alpha value is -1.73. The molecule has 7 heteroatoms. The van der Waals surface area contributed by atoms with Crippen LogP contribution in [-0.4, -0.2) is 24.0 Å². The van der Waals surface area contributed by atoms with Gasteiger partial charge in [0, 0.05) is 15.4 Å². The number of nitrogens with zero attached hydrogens (tertiary/aromatic N) is 1. The fourth-order valence-corrected chi connectivity index (χ4v) is 2.57. The maximum Gasteiger partial charge on any atom is 0.311 e. The van der Waals surface area contributed by atoms with Crippen LogP contribution in [0.3, 0.4) is 0 Å². The molecular formula is C14H13BrN2O3S. The van der Waals surface area contributed by atoms with Crippen LogP contribution in [0.25, 0.3) is 0 Å². The number of esters is 1. The topological polar surface area (TPSA) is 68.3 Å². The molecule has 0 aliphatic rings. The molecule has 1 aromatic carbocycles. The Bertz CT molecular complexity index is 685. The zero-order valence-electron chi connectivity index (χ0n) is 11.5. The highest BCUT2D eigenvalue weighted by Gasteiger charge is 2.12. The van der Waals surface area contributed by atoms with Gasteiger partial charge in [0.05, 0.1) is 19.2 Å². The Balaban J connectivity index is 2.05. The van der Waals surface area contributed by atoms with E-state index in [1.165, 1.54) is 18.4 Å². The van der Waals surface area contributed by atoms with Gasteiger partial charge >= 0.3 is 5.97 Å². The van der Waals surface area contributed by atoms with E-state index >= 15 is 0 Å². The molecule has 0 saturated heterocycles. The number of amides is 1. The Labute approximate surface area is 134 Å². The highest BCUT2D eigenvalue weighted by molar-refractivity contribution is 9.10. The monoisotopic (exact) mass is 368 g/mol. The smallest absolute Gasteiger partial charge is 0.311 e. The lowest BCUT2D eigenvalue weighted by molar-refractivity contribution is -0.139. The Morgan fingerprint density at radius 3 is 2.86 bits per heavy atom. The molecule has 0 spiro atoms. The molecule has 0 bridgehead atoms. The molecule has 0 aliphatic carbocycles. The summed E-state index contributed by atoms with van der Waals surface area (Å²) < 4.78 is 5.52. The molecule has 1 heterocycles. The molecule has 1 amide bonds. The number of aryl methyl sites for hydroxylation is 1. The van der Waals surface area contributed by atoms with Gasteiger partial charge in [-0.1, -0.05) is 15.9 Å². The van der Waals surface area contributed by atoms with Crippen LogP contribution in [0.2, 0.25) is 0 Å². The molecule has 1 aromatic heterocycles. The van der Waals surface area contributed by atoms with Crippen molar-refractivity contribution >= 4 is 44.3 Å². The molecule has 0 radical (unpaired) electrons. The first-order valence-corrected chi connectivity index (χ1v) is 7.75. The van der Waals surface area contributed by atoms with E-state index < -0.39 is 0 Å². The molecule has 21 heavy (non-hydrogen) atoms. The van der Waals surface area contributed by atoms with Crippen molar-refractivity contribution < 1.29 is 14.3 Å². The lowest BCUT2D eigenvalue weighted by Crippen LogP contribution is -2.12. The summed E-state index contributed by atoms with van der Waals surface area (Å²) in [6, 6.07) is 5.35. The quantitative estimate of drug-likeness (QED) is 0.841. The second kappa shape index (κ2) is 6.82. The number of hydrogen-bond donors (Lipinski definition) is 1. The number of halogens is 1. The Kier molecular flexibility index (Phi) is 5.08. The largest absolute Gasteiger partial charge is 0.469 e. The number of benzene rings is 1. The van der Waals surface area contributed by atoms with Crippen molar-refractivity contribution in [2.75, 3.05) is 12.4 Å². The van der Waals surface area contributed by atoms with Gasteiger partial charge in [-0.15, -0.1) is 11.3 Å². The van der Waals surface area contributed by atoms with E-state index in [9.17, 15) is 9.59 Å². The van der Waals surface area contributed by atoms with Crippen molar-refractivity contribution in [3.8, 4) is 0 Å². The summed E-state index contributed by atoms with van der Waals surface area (Å²) in [5.74, 6) is -0.591. The molecule has 2 aromatic rings. The second-order valence-corrected chi connectivity index (χ2v) is 6.03. The van der Waals surface area contributed by atoms with E-state index in [4.69, 9.17) is 0 Å². The highest BCUT2D eigenvalue weighted by Crippen LogP contribution is 2.20. The van der Waals surface area contributed by atoms with E-state index in [2.05, 4.69) is 31.0 Å². The summed E-state index contributed by atoms with van der Waals surface area (Å²) in [6.45, 7) is 1.92. The van der Waals surface area contributed by atoms with E-state index in [0.717, 1.165) is 10.0 Å². The van der Waals surface area contributed by atoms with Crippen LogP contribution >= 0.6 is 27.3 Å². The molecule has 5 nitrogen and oxygen atoms in total. The summed E-state index contributed by atoms with van der Waals surface area (Å²) >= 11 is 4.66. The van der Waals surface area contributed by atoms with Crippen molar-refractivity contribution in [3.05, 3.63) is 44.9 Å². The Morgan fingerprint density at radius 1 is 1.43 bits per heavy atom. The maximum atomic E-state index is 12.1. The van der Waals surface area contributed by atoms with Crippen LogP contribution in [0, 0.1) is 6.92 Å². The molecule has 0 aliphatic heterocycles. The lowest BCUT2D eigenvalue weighted by atomic mass is 10.1. The molecule has 110 valence electrons. The summed E-state index contributed by atoms with van der Waals surface area (Å²) in [5, 5.41) is 4.90. The standard InChI is InChI=1S/C14H13BrN2O3S/c1-8-5-9(3-4-11(8)15)13(19)17-14-16-10(7-21-14)6-12(18)20-2/h3-5,7H,6H2,1-2H3,(H,16,17,19). The summed E-state index contributed by atoms with van der Waals surface area (Å²) in [7, 11) is 1.33. The molecule has 0 unspecified atom stereocenters. The van der Waals surface area contributed by atoms with E-state index in [1.54, 1.807) is 17.5 Å². The number of thiazole rings is 1. The number of methoxy groups -OCH3 is 1. The Morgan fingerprint density at radius 2 is 2.19 bits per heavy atom. The molecule has 0 fully saturated rings. The number of anilines is 1. The van der Waals surface area contributed by atoms with Gasteiger partial charge in [0.25, 0.3) is 5.91 Å². The van der Waals surface area contributed by atoms with Crippen LogP contribution in [0.4, 0.5) is 5.13 Å². The van der Waals surface area contributed by atoms with Crippen LogP contribution in [-0.2, 0) is 16.0 Å². The van der Waals surface area contributed by atoms with Gasteiger partial charge in [-0.2, -0.15) is 0 Å². The van der Waals surface area contributed by atoms with Crippen LogP contribution in [0.5, 0.6) is 0 Å². The van der Waals surface area contributed by atoms with E-state index in [1.807, 2.05) is 13.0 Å². The third-order valence-corrected chi connectivity index (χ3v) is 4.44. The number of rotatable bonds is 4. The number of nitrogens with one attached hydrogen (secondary N) is 1.